The molecular formula is C20H25N5O4S. The number of pyridine rings is 1. The van der Waals surface area contributed by atoms with Crippen molar-refractivity contribution < 1.29 is 17.9 Å². The molecule has 10 heteroatoms. The molecule has 0 atom stereocenters. The predicted molar refractivity (Wildman–Crippen MR) is 116 cm³/mol. The van der Waals surface area contributed by atoms with Gasteiger partial charge in [0.05, 0.1) is 30.9 Å². The van der Waals surface area contributed by atoms with Crippen molar-refractivity contribution in [1.82, 2.24) is 14.3 Å². The van der Waals surface area contributed by atoms with Crippen molar-refractivity contribution >= 4 is 38.2 Å². The zero-order chi connectivity index (χ0) is 21.1. The maximum absolute atomic E-state index is 12.9. The van der Waals surface area contributed by atoms with Gasteiger partial charge in [0.1, 0.15) is 17.2 Å². The number of nitrogens with one attached hydrogen (secondary N) is 3. The molecule has 1 aliphatic heterocycles. The number of rotatable bonds is 7. The summed E-state index contributed by atoms with van der Waals surface area (Å²) in [6.07, 6.45) is 1.84. The zero-order valence-electron chi connectivity index (χ0n) is 16.9. The lowest BCUT2D eigenvalue weighted by Crippen LogP contribution is -2.40. The molecule has 1 saturated heterocycles. The third-order valence-electron chi connectivity index (χ3n) is 4.94. The van der Waals surface area contributed by atoms with Gasteiger partial charge in [0.15, 0.2) is 0 Å². The number of benzene rings is 1. The second-order valence-corrected chi connectivity index (χ2v) is 8.77. The molecule has 0 aliphatic carbocycles. The van der Waals surface area contributed by atoms with E-state index in [1.165, 1.54) is 17.5 Å². The fourth-order valence-electron chi connectivity index (χ4n) is 3.45. The first-order chi connectivity index (χ1) is 14.5. The summed E-state index contributed by atoms with van der Waals surface area (Å²) in [6.45, 7) is 4.30. The summed E-state index contributed by atoms with van der Waals surface area (Å²) < 4.78 is 38.0. The number of H-pyrrole nitrogens is 1. The van der Waals surface area contributed by atoms with E-state index in [9.17, 15) is 8.42 Å². The second kappa shape index (κ2) is 8.50. The summed E-state index contributed by atoms with van der Waals surface area (Å²) in [5, 5.41) is 7.57. The molecule has 0 saturated carbocycles. The molecule has 2 aromatic heterocycles. The average Bonchev–Trinajstić information content (AvgIpc) is 3.24. The second-order valence-electron chi connectivity index (χ2n) is 6.83. The Morgan fingerprint density at radius 3 is 2.73 bits per heavy atom. The van der Waals surface area contributed by atoms with Crippen LogP contribution < -0.4 is 15.4 Å². The van der Waals surface area contributed by atoms with Crippen LogP contribution in [0.5, 0.6) is 5.75 Å². The van der Waals surface area contributed by atoms with Gasteiger partial charge in [-0.05, 0) is 25.1 Å². The van der Waals surface area contributed by atoms with Crippen LogP contribution in [0.1, 0.15) is 6.92 Å². The monoisotopic (exact) mass is 431 g/mol. The Balaban J connectivity index is 1.65. The van der Waals surface area contributed by atoms with Gasteiger partial charge in [-0.1, -0.05) is 0 Å². The molecule has 0 amide bonds. The average molecular weight is 432 g/mol. The Morgan fingerprint density at radius 1 is 1.20 bits per heavy atom. The number of aromatic nitrogens is 2. The molecule has 1 aliphatic rings. The number of ether oxygens (including phenoxy) is 2. The Morgan fingerprint density at radius 2 is 2.00 bits per heavy atom. The van der Waals surface area contributed by atoms with E-state index in [2.05, 4.69) is 20.6 Å². The lowest BCUT2D eigenvalue weighted by atomic mass is 10.2. The largest absolute Gasteiger partial charge is 0.495 e. The Hall–Kier alpha value is -2.82. The topological polar surface area (TPSA) is 109 Å². The van der Waals surface area contributed by atoms with Gasteiger partial charge in [-0.2, -0.15) is 4.31 Å². The highest BCUT2D eigenvalue weighted by atomic mass is 32.2. The maximum Gasteiger partial charge on any atom is 0.243 e. The van der Waals surface area contributed by atoms with Crippen LogP contribution in [-0.2, 0) is 14.8 Å². The van der Waals surface area contributed by atoms with Crippen LogP contribution in [0, 0.1) is 0 Å². The molecule has 30 heavy (non-hydrogen) atoms. The van der Waals surface area contributed by atoms with Gasteiger partial charge in [0, 0.05) is 49.0 Å². The van der Waals surface area contributed by atoms with Gasteiger partial charge < -0.3 is 25.1 Å². The maximum atomic E-state index is 12.9. The standard InChI is InChI=1S/C20H25N5O4S/c1-3-21-17-13-19(24-20-15(17)6-7-22-20)23-16-5-4-14(12-18(16)28-2)30(26,27)25-8-10-29-11-9-25/h4-7,12-13H,3,8-11H2,1-2H3,(H3,21,22,23,24). The summed E-state index contributed by atoms with van der Waals surface area (Å²) >= 11 is 0. The van der Waals surface area contributed by atoms with Gasteiger partial charge >= 0.3 is 0 Å². The number of hydrogen-bond donors (Lipinski definition) is 3. The van der Waals surface area contributed by atoms with Gasteiger partial charge in [-0.3, -0.25) is 0 Å². The Labute approximate surface area is 175 Å². The van der Waals surface area contributed by atoms with E-state index in [1.807, 2.05) is 25.3 Å². The summed E-state index contributed by atoms with van der Waals surface area (Å²) in [5.41, 5.74) is 2.33. The lowest BCUT2D eigenvalue weighted by molar-refractivity contribution is 0.0730. The van der Waals surface area contributed by atoms with Crippen molar-refractivity contribution in [2.45, 2.75) is 11.8 Å². The molecule has 0 bridgehead atoms. The third kappa shape index (κ3) is 3.93. The lowest BCUT2D eigenvalue weighted by Gasteiger charge is -2.26. The molecule has 3 N–H and O–H groups in total. The first kappa shape index (κ1) is 20.5. The van der Waals surface area contributed by atoms with Gasteiger partial charge in [-0.15, -0.1) is 0 Å². The van der Waals surface area contributed by atoms with Crippen LogP contribution in [0.15, 0.2) is 41.4 Å². The fraction of sp³-hybridized carbons (Fsp3) is 0.350. The number of fused-ring (bicyclic) bond motifs is 1. The Bertz CT molecular complexity index is 1140. The number of nitrogens with zero attached hydrogens (tertiary/aromatic N) is 2. The van der Waals surface area contributed by atoms with Crippen molar-refractivity contribution in [1.29, 1.82) is 0 Å². The summed E-state index contributed by atoms with van der Waals surface area (Å²) in [4.78, 5) is 7.90. The molecular weight excluding hydrogens is 406 g/mol. The molecule has 9 nitrogen and oxygen atoms in total. The normalized spacial score (nSPS) is 15.3. The molecule has 160 valence electrons. The van der Waals surface area contributed by atoms with E-state index >= 15 is 0 Å². The quantitative estimate of drug-likeness (QED) is 0.528. The number of anilines is 3. The first-order valence-corrected chi connectivity index (χ1v) is 11.2. The van der Waals surface area contributed by atoms with Gasteiger partial charge in [-0.25, -0.2) is 13.4 Å². The smallest absolute Gasteiger partial charge is 0.243 e. The third-order valence-corrected chi connectivity index (χ3v) is 6.83. The zero-order valence-corrected chi connectivity index (χ0v) is 17.8. The molecule has 4 rings (SSSR count). The van der Waals surface area contributed by atoms with Crippen molar-refractivity contribution in [2.75, 3.05) is 50.6 Å². The molecule has 0 spiro atoms. The minimum Gasteiger partial charge on any atom is -0.495 e. The van der Waals surface area contributed by atoms with E-state index < -0.39 is 10.0 Å². The molecule has 0 unspecified atom stereocenters. The van der Waals surface area contributed by atoms with E-state index in [0.29, 0.717) is 43.6 Å². The van der Waals surface area contributed by atoms with Gasteiger partial charge in [0.2, 0.25) is 10.0 Å². The first-order valence-electron chi connectivity index (χ1n) is 9.78. The molecule has 1 fully saturated rings. The number of hydrogen-bond acceptors (Lipinski definition) is 7. The van der Waals surface area contributed by atoms with Crippen LogP contribution in [0.2, 0.25) is 0 Å². The van der Waals surface area contributed by atoms with Crippen LogP contribution in [0.3, 0.4) is 0 Å². The van der Waals surface area contributed by atoms with Crippen LogP contribution in [0.25, 0.3) is 11.0 Å². The summed E-state index contributed by atoms with van der Waals surface area (Å²) in [6, 6.07) is 8.69. The van der Waals surface area contributed by atoms with Crippen molar-refractivity contribution in [2.24, 2.45) is 0 Å². The van der Waals surface area contributed by atoms with E-state index in [4.69, 9.17) is 9.47 Å². The van der Waals surface area contributed by atoms with Crippen molar-refractivity contribution in [3.8, 4) is 5.75 Å². The van der Waals surface area contributed by atoms with E-state index in [-0.39, 0.29) is 4.90 Å². The van der Waals surface area contributed by atoms with E-state index in [1.54, 1.807) is 12.1 Å². The van der Waals surface area contributed by atoms with Gasteiger partial charge in [0.25, 0.3) is 0 Å². The minimum atomic E-state index is -3.60. The highest BCUT2D eigenvalue weighted by Crippen LogP contribution is 2.33. The SMILES string of the molecule is CCNc1cc(Nc2ccc(S(=O)(=O)N3CCOCC3)cc2OC)nc2[nH]ccc12. The molecule has 3 aromatic rings. The molecule has 0 radical (unpaired) electrons. The number of morpholine rings is 1. The van der Waals surface area contributed by atoms with Crippen LogP contribution >= 0.6 is 0 Å². The highest BCUT2D eigenvalue weighted by molar-refractivity contribution is 7.89. The van der Waals surface area contributed by atoms with Crippen LogP contribution in [-0.4, -0.2) is 62.6 Å². The molecule has 1 aromatic carbocycles. The van der Waals surface area contributed by atoms with Crippen molar-refractivity contribution in [3.05, 3.63) is 36.5 Å². The fourth-order valence-corrected chi connectivity index (χ4v) is 4.87. The summed E-state index contributed by atoms with van der Waals surface area (Å²) in [7, 11) is -2.09. The van der Waals surface area contributed by atoms with Crippen LogP contribution in [0.4, 0.5) is 17.2 Å². The number of sulfonamides is 1. The predicted octanol–water partition coefficient (Wildman–Crippen LogP) is 2.77. The van der Waals surface area contributed by atoms with E-state index in [0.717, 1.165) is 23.3 Å². The number of aromatic amines is 1. The molecule has 3 heterocycles. The highest BCUT2D eigenvalue weighted by Gasteiger charge is 2.27. The van der Waals surface area contributed by atoms with Crippen molar-refractivity contribution in [3.63, 3.8) is 0 Å². The minimum absolute atomic E-state index is 0.188. The number of methoxy groups -OCH3 is 1. The summed E-state index contributed by atoms with van der Waals surface area (Å²) in [5.74, 6) is 1.03. The Kier molecular flexibility index (Phi) is 5.80.